The Kier molecular flexibility index (Phi) is 0.833. The molecule has 1 heteroatoms. The maximum atomic E-state index is 3.28. The lowest BCUT2D eigenvalue weighted by atomic mass is 10.1. The summed E-state index contributed by atoms with van der Waals surface area (Å²) >= 11 is 0. The Morgan fingerprint density at radius 1 is 1.62 bits per heavy atom. The Bertz CT molecular complexity index is 124. The number of allylic oxidation sites excluding steroid dienone is 1. The van der Waals surface area contributed by atoms with Gasteiger partial charge in [0.05, 0.1) is 0 Å². The van der Waals surface area contributed by atoms with Crippen molar-refractivity contribution in [2.45, 2.75) is 19.3 Å². The molecule has 1 saturated carbocycles. The van der Waals surface area contributed by atoms with Crippen LogP contribution in [0.4, 0.5) is 0 Å². The first-order valence-electron chi connectivity index (χ1n) is 3.36. The molecule has 1 unspecified atom stereocenters. The molecule has 44 valence electrons. The van der Waals surface area contributed by atoms with E-state index < -0.39 is 0 Å². The molecule has 0 spiro atoms. The van der Waals surface area contributed by atoms with Crippen molar-refractivity contribution in [3.8, 4) is 0 Å². The maximum absolute atomic E-state index is 3.28. The zero-order valence-corrected chi connectivity index (χ0v) is 4.98. The van der Waals surface area contributed by atoms with Crippen molar-refractivity contribution in [1.82, 2.24) is 5.32 Å². The minimum atomic E-state index is 0.981. The van der Waals surface area contributed by atoms with Gasteiger partial charge in [-0.15, -0.1) is 0 Å². The highest BCUT2D eigenvalue weighted by molar-refractivity contribution is 5.11. The molecule has 0 amide bonds. The van der Waals surface area contributed by atoms with Crippen LogP contribution in [0.2, 0.25) is 0 Å². The predicted molar refractivity (Wildman–Crippen MR) is 33.4 cm³/mol. The molecule has 2 aliphatic rings. The summed E-state index contributed by atoms with van der Waals surface area (Å²) in [4.78, 5) is 0. The van der Waals surface area contributed by atoms with Crippen molar-refractivity contribution in [2.24, 2.45) is 5.92 Å². The zero-order valence-electron chi connectivity index (χ0n) is 4.98. The van der Waals surface area contributed by atoms with Crippen molar-refractivity contribution >= 4 is 0 Å². The van der Waals surface area contributed by atoms with Crippen LogP contribution >= 0.6 is 0 Å². The van der Waals surface area contributed by atoms with Gasteiger partial charge in [-0.2, -0.15) is 0 Å². The van der Waals surface area contributed by atoms with Gasteiger partial charge in [-0.05, 0) is 31.4 Å². The molecule has 1 aliphatic heterocycles. The minimum Gasteiger partial charge on any atom is -0.391 e. The predicted octanol–water partition coefficient (Wildman–Crippen LogP) is 1.27. The van der Waals surface area contributed by atoms with Crippen molar-refractivity contribution in [3.05, 3.63) is 11.8 Å². The summed E-state index contributed by atoms with van der Waals surface area (Å²) in [5.74, 6) is 0.981. The summed E-state index contributed by atoms with van der Waals surface area (Å²) in [6, 6.07) is 0. The molecule has 1 nitrogen and oxygen atoms in total. The average molecular weight is 109 g/mol. The van der Waals surface area contributed by atoms with E-state index in [0.717, 1.165) is 5.92 Å². The fraction of sp³-hybridized carbons (Fsp3) is 0.714. The summed E-state index contributed by atoms with van der Waals surface area (Å²) in [6.07, 6.45) is 6.37. The van der Waals surface area contributed by atoms with E-state index in [1.807, 2.05) is 0 Å². The third-order valence-electron chi connectivity index (χ3n) is 2.14. The molecular formula is C7H11N. The van der Waals surface area contributed by atoms with Crippen LogP contribution in [-0.2, 0) is 0 Å². The van der Waals surface area contributed by atoms with Gasteiger partial charge in [0.15, 0.2) is 0 Å². The first kappa shape index (κ1) is 4.42. The van der Waals surface area contributed by atoms with E-state index in [1.54, 1.807) is 5.57 Å². The molecule has 0 radical (unpaired) electrons. The van der Waals surface area contributed by atoms with Gasteiger partial charge < -0.3 is 5.32 Å². The van der Waals surface area contributed by atoms with Crippen LogP contribution in [0.25, 0.3) is 0 Å². The Hall–Kier alpha value is -0.460. The van der Waals surface area contributed by atoms with Crippen LogP contribution in [0.5, 0.6) is 0 Å². The highest BCUT2D eigenvalue weighted by atomic mass is 14.9. The molecule has 0 saturated heterocycles. The normalized spacial score (nSPS) is 34.0. The van der Waals surface area contributed by atoms with Gasteiger partial charge in [0, 0.05) is 6.54 Å². The van der Waals surface area contributed by atoms with E-state index in [1.165, 1.54) is 25.8 Å². The van der Waals surface area contributed by atoms with Crippen molar-refractivity contribution in [2.75, 3.05) is 6.54 Å². The second kappa shape index (κ2) is 1.51. The van der Waals surface area contributed by atoms with Gasteiger partial charge in [-0.1, -0.05) is 5.57 Å². The Morgan fingerprint density at radius 2 is 2.62 bits per heavy atom. The number of nitrogens with one attached hydrogen (secondary N) is 1. The van der Waals surface area contributed by atoms with E-state index in [4.69, 9.17) is 0 Å². The third-order valence-corrected chi connectivity index (χ3v) is 2.14. The van der Waals surface area contributed by atoms with Crippen LogP contribution in [-0.4, -0.2) is 6.54 Å². The molecule has 8 heavy (non-hydrogen) atoms. The first-order valence-corrected chi connectivity index (χ1v) is 3.36. The molecule has 0 aromatic heterocycles. The quantitative estimate of drug-likeness (QED) is 0.494. The largest absolute Gasteiger partial charge is 0.391 e. The fourth-order valence-corrected chi connectivity index (χ4v) is 1.64. The van der Waals surface area contributed by atoms with Gasteiger partial charge in [0.2, 0.25) is 0 Å². The molecule has 1 aliphatic carbocycles. The molecule has 1 N–H and O–H groups in total. The van der Waals surface area contributed by atoms with Crippen LogP contribution < -0.4 is 5.32 Å². The highest BCUT2D eigenvalue weighted by Gasteiger charge is 2.21. The molecule has 0 aromatic carbocycles. The van der Waals surface area contributed by atoms with Gasteiger partial charge in [0.25, 0.3) is 0 Å². The number of fused-ring (bicyclic) bond motifs is 2. The average Bonchev–Trinajstić information content (AvgIpc) is 2.12. The van der Waals surface area contributed by atoms with E-state index in [0.29, 0.717) is 0 Å². The number of rotatable bonds is 0. The Morgan fingerprint density at radius 3 is 3.38 bits per heavy atom. The summed E-state index contributed by atoms with van der Waals surface area (Å²) < 4.78 is 0. The maximum Gasteiger partial charge on any atom is 0.0172 e. The topological polar surface area (TPSA) is 12.0 Å². The fourth-order valence-electron chi connectivity index (χ4n) is 1.64. The Balaban J connectivity index is 2.22. The summed E-state index contributed by atoms with van der Waals surface area (Å²) in [5.41, 5.74) is 1.64. The molecule has 2 rings (SSSR count). The van der Waals surface area contributed by atoms with E-state index in [-0.39, 0.29) is 0 Å². The molecule has 1 heterocycles. The monoisotopic (exact) mass is 109 g/mol. The summed E-state index contributed by atoms with van der Waals surface area (Å²) in [6.45, 7) is 1.23. The first-order chi connectivity index (χ1) is 3.95. The van der Waals surface area contributed by atoms with E-state index >= 15 is 0 Å². The second-order valence-electron chi connectivity index (χ2n) is 2.82. The van der Waals surface area contributed by atoms with Crippen molar-refractivity contribution in [1.29, 1.82) is 0 Å². The number of hydrogen-bond acceptors (Lipinski definition) is 1. The highest BCUT2D eigenvalue weighted by Crippen LogP contribution is 2.31. The van der Waals surface area contributed by atoms with Crippen LogP contribution in [0.15, 0.2) is 11.8 Å². The van der Waals surface area contributed by atoms with Crippen molar-refractivity contribution in [3.63, 3.8) is 0 Å². The van der Waals surface area contributed by atoms with E-state index in [2.05, 4.69) is 11.5 Å². The smallest absolute Gasteiger partial charge is 0.0172 e. The summed E-state index contributed by atoms with van der Waals surface area (Å²) in [7, 11) is 0. The minimum absolute atomic E-state index is 0.981. The third kappa shape index (κ3) is 0.540. The zero-order chi connectivity index (χ0) is 5.40. The van der Waals surface area contributed by atoms with Crippen molar-refractivity contribution < 1.29 is 0 Å². The van der Waals surface area contributed by atoms with Gasteiger partial charge in [-0.25, -0.2) is 0 Å². The van der Waals surface area contributed by atoms with E-state index in [9.17, 15) is 0 Å². The van der Waals surface area contributed by atoms with Gasteiger partial charge in [0.1, 0.15) is 0 Å². The van der Waals surface area contributed by atoms with Crippen LogP contribution in [0, 0.1) is 5.92 Å². The van der Waals surface area contributed by atoms with Gasteiger partial charge >= 0.3 is 0 Å². The lowest BCUT2D eigenvalue weighted by molar-refractivity contribution is 0.522. The van der Waals surface area contributed by atoms with Crippen LogP contribution in [0.1, 0.15) is 19.3 Å². The second-order valence-corrected chi connectivity index (χ2v) is 2.82. The molecule has 1 fully saturated rings. The molecular weight excluding hydrogens is 98.1 g/mol. The molecule has 0 aromatic rings. The lowest BCUT2D eigenvalue weighted by Crippen LogP contribution is -2.18. The van der Waals surface area contributed by atoms with Crippen LogP contribution in [0.3, 0.4) is 0 Å². The van der Waals surface area contributed by atoms with Gasteiger partial charge in [-0.3, -0.25) is 0 Å². The Labute approximate surface area is 49.8 Å². The SMILES string of the molecule is C1=C2CCC(CN1)C2. The summed E-state index contributed by atoms with van der Waals surface area (Å²) in [5, 5.41) is 3.28. The lowest BCUT2D eigenvalue weighted by Gasteiger charge is -2.12. The molecule has 1 atom stereocenters. The molecule has 2 bridgehead atoms. The number of hydrogen-bond donors (Lipinski definition) is 1. The standard InChI is InChI=1S/C7H11N/c1-2-7-3-6(1)4-8-5-7/h4,7-8H,1-3,5H2.